The monoisotopic (exact) mass is 284 g/mol. The smallest absolute Gasteiger partial charge is 0.253 e. The largest absolute Gasteiger partial charge is 0.471 e. The molecular weight excluding hydrogens is 264 g/mol. The maximum Gasteiger partial charge on any atom is 0.253 e. The summed E-state index contributed by atoms with van der Waals surface area (Å²) in [4.78, 5) is 0. The minimum Gasteiger partial charge on any atom is -0.471 e. The molecule has 5 heteroatoms. The van der Waals surface area contributed by atoms with Crippen LogP contribution < -0.4 is 10.5 Å². The third-order valence-electron chi connectivity index (χ3n) is 3.38. The molecule has 110 valence electrons. The number of nitrogen functional groups attached to an aromatic ring is 1. The van der Waals surface area contributed by atoms with Gasteiger partial charge in [0.05, 0.1) is 0 Å². The first kappa shape index (κ1) is 14.9. The van der Waals surface area contributed by atoms with E-state index in [1.165, 1.54) is 5.56 Å². The van der Waals surface area contributed by atoms with Gasteiger partial charge in [0.1, 0.15) is 18.5 Å². The number of aromatic nitrogens is 2. The first-order valence-electron chi connectivity index (χ1n) is 6.91. The van der Waals surface area contributed by atoms with Gasteiger partial charge in [0.2, 0.25) is 0 Å². The molecule has 1 aromatic heterocycles. The van der Waals surface area contributed by atoms with Crippen molar-refractivity contribution in [3.63, 3.8) is 0 Å². The number of aryl methyl sites for hydroxylation is 2. The number of hydrogen-bond donors (Lipinski definition) is 1. The molecule has 0 saturated heterocycles. The average molecular weight is 284 g/mol. The van der Waals surface area contributed by atoms with Crippen molar-refractivity contribution < 1.29 is 4.74 Å². The predicted molar refractivity (Wildman–Crippen MR) is 82.0 cm³/mol. The second kappa shape index (κ2) is 5.88. The topological polar surface area (TPSA) is 76.9 Å². The standard InChI is InChI=1S/C16H20N4O/c1-10(2)20-15(18)14(8-17)16(19-20)21-9-13-6-5-11(3)7-12(13)4/h5-7,10H,9,18H2,1-4H3. The van der Waals surface area contributed by atoms with Crippen LogP contribution in [0.4, 0.5) is 5.82 Å². The molecule has 21 heavy (non-hydrogen) atoms. The van der Waals surface area contributed by atoms with Gasteiger partial charge in [-0.2, -0.15) is 5.26 Å². The summed E-state index contributed by atoms with van der Waals surface area (Å²) in [5.74, 6) is 0.645. The van der Waals surface area contributed by atoms with Crippen LogP contribution in [0.25, 0.3) is 0 Å². The van der Waals surface area contributed by atoms with Gasteiger partial charge in [-0.25, -0.2) is 4.68 Å². The summed E-state index contributed by atoms with van der Waals surface area (Å²) in [7, 11) is 0. The van der Waals surface area contributed by atoms with Crippen LogP contribution >= 0.6 is 0 Å². The summed E-state index contributed by atoms with van der Waals surface area (Å²) in [5.41, 5.74) is 9.67. The number of nitriles is 1. The molecule has 0 amide bonds. The molecule has 2 N–H and O–H groups in total. The first-order valence-corrected chi connectivity index (χ1v) is 6.91. The maximum atomic E-state index is 9.22. The van der Waals surface area contributed by atoms with E-state index in [0.717, 1.165) is 11.1 Å². The molecule has 1 aromatic carbocycles. The number of hydrogen-bond acceptors (Lipinski definition) is 4. The van der Waals surface area contributed by atoms with Crippen LogP contribution in [0, 0.1) is 25.2 Å². The fourth-order valence-electron chi connectivity index (χ4n) is 2.18. The fourth-order valence-corrected chi connectivity index (χ4v) is 2.18. The minimum atomic E-state index is 0.0792. The molecule has 0 saturated carbocycles. The van der Waals surface area contributed by atoms with E-state index in [1.54, 1.807) is 4.68 Å². The lowest BCUT2D eigenvalue weighted by Crippen LogP contribution is -2.07. The molecule has 0 unspecified atom stereocenters. The Morgan fingerprint density at radius 2 is 2.10 bits per heavy atom. The van der Waals surface area contributed by atoms with Gasteiger partial charge in [-0.1, -0.05) is 23.8 Å². The van der Waals surface area contributed by atoms with E-state index in [1.807, 2.05) is 32.9 Å². The zero-order chi connectivity index (χ0) is 15.6. The molecule has 0 spiro atoms. The Labute approximate surface area is 124 Å². The van der Waals surface area contributed by atoms with Crippen molar-refractivity contribution >= 4 is 5.82 Å². The van der Waals surface area contributed by atoms with Crippen molar-refractivity contribution in [2.45, 2.75) is 40.3 Å². The molecule has 5 nitrogen and oxygen atoms in total. The van der Waals surface area contributed by atoms with Crippen molar-refractivity contribution in [3.05, 3.63) is 40.5 Å². The third-order valence-corrected chi connectivity index (χ3v) is 3.38. The Morgan fingerprint density at radius 3 is 2.67 bits per heavy atom. The highest BCUT2D eigenvalue weighted by Gasteiger charge is 2.18. The first-order chi connectivity index (χ1) is 9.93. The molecule has 0 aliphatic rings. The maximum absolute atomic E-state index is 9.22. The lowest BCUT2D eigenvalue weighted by molar-refractivity contribution is 0.286. The highest BCUT2D eigenvalue weighted by atomic mass is 16.5. The Kier molecular flexibility index (Phi) is 4.18. The molecular formula is C16H20N4O. The van der Waals surface area contributed by atoms with Crippen molar-refractivity contribution in [1.29, 1.82) is 5.26 Å². The normalized spacial score (nSPS) is 10.7. The zero-order valence-electron chi connectivity index (χ0n) is 12.8. The average Bonchev–Trinajstić information content (AvgIpc) is 2.74. The molecule has 2 aromatic rings. The number of nitrogens with zero attached hydrogens (tertiary/aromatic N) is 3. The van der Waals surface area contributed by atoms with E-state index < -0.39 is 0 Å². The van der Waals surface area contributed by atoms with Crippen LogP contribution in [0.1, 0.15) is 42.1 Å². The second-order valence-electron chi connectivity index (χ2n) is 5.43. The minimum absolute atomic E-state index is 0.0792. The summed E-state index contributed by atoms with van der Waals surface area (Å²) >= 11 is 0. The van der Waals surface area contributed by atoms with Crippen LogP contribution in [-0.4, -0.2) is 9.78 Å². The Balaban J connectivity index is 2.24. The van der Waals surface area contributed by atoms with Crippen molar-refractivity contribution in [3.8, 4) is 11.9 Å². The van der Waals surface area contributed by atoms with E-state index in [-0.39, 0.29) is 6.04 Å². The van der Waals surface area contributed by atoms with Gasteiger partial charge >= 0.3 is 0 Å². The number of ether oxygens (including phenoxy) is 1. The Hall–Kier alpha value is -2.48. The molecule has 0 aliphatic heterocycles. The lowest BCUT2D eigenvalue weighted by atomic mass is 10.1. The van der Waals surface area contributed by atoms with E-state index in [2.05, 4.69) is 24.2 Å². The van der Waals surface area contributed by atoms with Gasteiger partial charge in [-0.3, -0.25) is 0 Å². The van der Waals surface area contributed by atoms with Crippen LogP contribution in [0.2, 0.25) is 0 Å². The van der Waals surface area contributed by atoms with Crippen molar-refractivity contribution in [1.82, 2.24) is 9.78 Å². The molecule has 0 bridgehead atoms. The van der Waals surface area contributed by atoms with Crippen molar-refractivity contribution in [2.24, 2.45) is 0 Å². The Bertz CT molecular complexity index is 695. The SMILES string of the molecule is Cc1ccc(COc2nn(C(C)C)c(N)c2C#N)c(C)c1. The van der Waals surface area contributed by atoms with Gasteiger partial charge < -0.3 is 10.5 Å². The summed E-state index contributed by atoms with van der Waals surface area (Å²) in [5, 5.41) is 13.5. The number of anilines is 1. The quantitative estimate of drug-likeness (QED) is 0.935. The van der Waals surface area contributed by atoms with Crippen LogP contribution in [0.15, 0.2) is 18.2 Å². The van der Waals surface area contributed by atoms with Gasteiger partial charge in [0.15, 0.2) is 5.56 Å². The van der Waals surface area contributed by atoms with Gasteiger partial charge in [0.25, 0.3) is 5.88 Å². The highest BCUT2D eigenvalue weighted by Crippen LogP contribution is 2.26. The van der Waals surface area contributed by atoms with Gasteiger partial charge in [0, 0.05) is 6.04 Å². The molecule has 0 fully saturated rings. The van der Waals surface area contributed by atoms with Gasteiger partial charge in [-0.15, -0.1) is 5.10 Å². The van der Waals surface area contributed by atoms with Crippen LogP contribution in [0.3, 0.4) is 0 Å². The summed E-state index contributed by atoms with van der Waals surface area (Å²) in [6, 6.07) is 8.31. The lowest BCUT2D eigenvalue weighted by Gasteiger charge is -2.08. The Morgan fingerprint density at radius 1 is 1.38 bits per heavy atom. The number of benzene rings is 1. The second-order valence-corrected chi connectivity index (χ2v) is 5.43. The summed E-state index contributed by atoms with van der Waals surface area (Å²) < 4.78 is 7.32. The molecule has 0 radical (unpaired) electrons. The molecule has 2 rings (SSSR count). The molecule has 0 atom stereocenters. The summed E-state index contributed by atoms with van der Waals surface area (Å²) in [6.45, 7) is 8.38. The number of rotatable bonds is 4. The van der Waals surface area contributed by atoms with Gasteiger partial charge in [-0.05, 0) is 38.8 Å². The zero-order valence-corrected chi connectivity index (χ0v) is 12.8. The summed E-state index contributed by atoms with van der Waals surface area (Å²) in [6.07, 6.45) is 0. The molecule has 1 heterocycles. The van der Waals surface area contributed by atoms with Crippen LogP contribution in [0.5, 0.6) is 5.88 Å². The highest BCUT2D eigenvalue weighted by molar-refractivity contribution is 5.55. The van der Waals surface area contributed by atoms with E-state index in [9.17, 15) is 5.26 Å². The number of nitrogens with two attached hydrogens (primary N) is 1. The van der Waals surface area contributed by atoms with E-state index in [4.69, 9.17) is 10.5 Å². The van der Waals surface area contributed by atoms with Crippen molar-refractivity contribution in [2.75, 3.05) is 5.73 Å². The van der Waals surface area contributed by atoms with E-state index in [0.29, 0.717) is 23.9 Å². The fraction of sp³-hybridized carbons (Fsp3) is 0.375. The third kappa shape index (κ3) is 3.00. The predicted octanol–water partition coefficient (Wildman–Crippen LogP) is 3.11. The van der Waals surface area contributed by atoms with E-state index >= 15 is 0 Å². The van der Waals surface area contributed by atoms with Crippen LogP contribution in [-0.2, 0) is 6.61 Å². The molecule has 0 aliphatic carbocycles.